The first-order valence-electron chi connectivity index (χ1n) is 6.74. The Hall–Kier alpha value is -1.06. The van der Waals surface area contributed by atoms with Crippen molar-refractivity contribution in [3.8, 4) is 0 Å². The zero-order valence-corrected chi connectivity index (χ0v) is 13.9. The van der Waals surface area contributed by atoms with Crippen LogP contribution in [0.4, 0.5) is 0 Å². The summed E-state index contributed by atoms with van der Waals surface area (Å²) in [6, 6.07) is 18.1. The highest BCUT2D eigenvalue weighted by molar-refractivity contribution is 6.31. The van der Waals surface area contributed by atoms with Gasteiger partial charge in [-0.15, -0.1) is 12.4 Å². The van der Waals surface area contributed by atoms with Crippen LogP contribution in [-0.2, 0) is 4.74 Å². The van der Waals surface area contributed by atoms with Crippen LogP contribution in [0.15, 0.2) is 54.6 Å². The third-order valence-electron chi connectivity index (χ3n) is 3.11. The number of rotatable bonds is 6. The van der Waals surface area contributed by atoms with Crippen molar-refractivity contribution in [3.63, 3.8) is 0 Å². The molecule has 1 unspecified atom stereocenters. The minimum absolute atomic E-state index is 0. The van der Waals surface area contributed by atoms with Crippen molar-refractivity contribution >= 4 is 24.0 Å². The lowest BCUT2D eigenvalue weighted by Crippen LogP contribution is -2.20. The van der Waals surface area contributed by atoms with Crippen LogP contribution in [0.1, 0.15) is 17.2 Å². The molecule has 0 fully saturated rings. The maximum Gasteiger partial charge on any atom is 0.109 e. The number of benzene rings is 2. The van der Waals surface area contributed by atoms with E-state index in [-0.39, 0.29) is 18.5 Å². The summed E-state index contributed by atoms with van der Waals surface area (Å²) in [6.45, 7) is 1.55. The summed E-state index contributed by atoms with van der Waals surface area (Å²) in [5, 5.41) is 0.742. The fourth-order valence-corrected chi connectivity index (χ4v) is 2.27. The summed E-state index contributed by atoms with van der Waals surface area (Å²) in [5.41, 5.74) is 2.14. The molecule has 114 valence electrons. The number of hydrogen-bond acceptors (Lipinski definition) is 2. The lowest BCUT2D eigenvalue weighted by molar-refractivity contribution is 0.0688. The van der Waals surface area contributed by atoms with Crippen LogP contribution in [0.25, 0.3) is 0 Å². The van der Waals surface area contributed by atoms with E-state index in [1.54, 1.807) is 0 Å². The van der Waals surface area contributed by atoms with Gasteiger partial charge in [0.05, 0.1) is 6.61 Å². The highest BCUT2D eigenvalue weighted by Gasteiger charge is 2.17. The van der Waals surface area contributed by atoms with Gasteiger partial charge in [-0.1, -0.05) is 60.1 Å². The van der Waals surface area contributed by atoms with Gasteiger partial charge < -0.3 is 9.64 Å². The molecule has 0 aliphatic heterocycles. The van der Waals surface area contributed by atoms with Gasteiger partial charge in [-0.3, -0.25) is 0 Å². The van der Waals surface area contributed by atoms with E-state index in [9.17, 15) is 0 Å². The molecule has 0 amide bonds. The number of nitrogens with zero attached hydrogens (tertiary/aromatic N) is 1. The van der Waals surface area contributed by atoms with Gasteiger partial charge in [0.25, 0.3) is 0 Å². The molecule has 0 aliphatic carbocycles. The largest absolute Gasteiger partial charge is 0.367 e. The molecule has 2 aromatic rings. The topological polar surface area (TPSA) is 12.5 Å². The van der Waals surface area contributed by atoms with E-state index in [2.05, 4.69) is 17.0 Å². The van der Waals surface area contributed by atoms with Crippen LogP contribution in [0, 0.1) is 0 Å². The summed E-state index contributed by atoms with van der Waals surface area (Å²) < 4.78 is 6.08. The predicted octanol–water partition coefficient (Wildman–Crippen LogP) is 4.43. The van der Waals surface area contributed by atoms with Crippen molar-refractivity contribution in [2.45, 2.75) is 6.10 Å². The van der Waals surface area contributed by atoms with E-state index < -0.39 is 0 Å². The number of likely N-dealkylation sites (N-methyl/N-ethyl adjacent to an activating group) is 1. The van der Waals surface area contributed by atoms with Gasteiger partial charge in [0.1, 0.15) is 6.10 Å². The highest BCUT2D eigenvalue weighted by atomic mass is 35.5. The summed E-state index contributed by atoms with van der Waals surface area (Å²) >= 11 is 6.32. The predicted molar refractivity (Wildman–Crippen MR) is 91.5 cm³/mol. The second kappa shape index (κ2) is 9.06. The van der Waals surface area contributed by atoms with Crippen molar-refractivity contribution in [1.82, 2.24) is 4.90 Å². The number of halogens is 2. The second-order valence-electron chi connectivity index (χ2n) is 4.99. The molecule has 0 saturated heterocycles. The maximum atomic E-state index is 6.32. The van der Waals surface area contributed by atoms with Gasteiger partial charge in [0.15, 0.2) is 0 Å². The summed E-state index contributed by atoms with van der Waals surface area (Å²) in [5.74, 6) is 0. The van der Waals surface area contributed by atoms with Crippen LogP contribution in [0.2, 0.25) is 5.02 Å². The van der Waals surface area contributed by atoms with E-state index in [0.717, 1.165) is 22.7 Å². The Labute approximate surface area is 138 Å². The standard InChI is InChI=1S/C17H20ClNO.ClH/c1-19(2)12-13-20-17(14-8-4-3-5-9-14)15-10-6-7-11-16(15)18;/h3-11,17H,12-13H2,1-2H3;1H. The molecule has 0 N–H and O–H groups in total. The van der Waals surface area contributed by atoms with Gasteiger partial charge in [-0.25, -0.2) is 0 Å². The molecule has 0 bridgehead atoms. The first kappa shape index (κ1) is 18.0. The van der Waals surface area contributed by atoms with Crippen LogP contribution >= 0.6 is 24.0 Å². The molecular weight excluding hydrogens is 305 g/mol. The number of ether oxygens (including phenoxy) is 1. The van der Waals surface area contributed by atoms with Gasteiger partial charge in [0.2, 0.25) is 0 Å². The minimum Gasteiger partial charge on any atom is -0.367 e. The normalized spacial score (nSPS) is 12.0. The molecular formula is C17H21Cl2NO. The van der Waals surface area contributed by atoms with Crippen molar-refractivity contribution in [1.29, 1.82) is 0 Å². The summed E-state index contributed by atoms with van der Waals surface area (Å²) in [7, 11) is 4.08. The smallest absolute Gasteiger partial charge is 0.109 e. The van der Waals surface area contributed by atoms with E-state index in [1.165, 1.54) is 0 Å². The molecule has 0 radical (unpaired) electrons. The molecule has 2 rings (SSSR count). The van der Waals surface area contributed by atoms with Crippen LogP contribution < -0.4 is 0 Å². The summed E-state index contributed by atoms with van der Waals surface area (Å²) in [6.07, 6.45) is -0.121. The van der Waals surface area contributed by atoms with E-state index in [1.807, 2.05) is 56.6 Å². The van der Waals surface area contributed by atoms with Crippen LogP contribution in [-0.4, -0.2) is 32.1 Å². The molecule has 1 atom stereocenters. The Morgan fingerprint density at radius 3 is 2.24 bits per heavy atom. The zero-order valence-electron chi connectivity index (χ0n) is 12.3. The molecule has 2 nitrogen and oxygen atoms in total. The molecule has 0 aromatic heterocycles. The third kappa shape index (κ3) is 5.33. The fraction of sp³-hybridized carbons (Fsp3) is 0.294. The number of hydrogen-bond donors (Lipinski definition) is 0. The van der Waals surface area contributed by atoms with E-state index in [4.69, 9.17) is 16.3 Å². The van der Waals surface area contributed by atoms with Gasteiger partial charge >= 0.3 is 0 Å². The molecule has 21 heavy (non-hydrogen) atoms. The van der Waals surface area contributed by atoms with Crippen LogP contribution in [0.5, 0.6) is 0 Å². The van der Waals surface area contributed by atoms with Crippen LogP contribution in [0.3, 0.4) is 0 Å². The fourth-order valence-electron chi connectivity index (χ4n) is 2.03. The maximum absolute atomic E-state index is 6.32. The van der Waals surface area contributed by atoms with Gasteiger partial charge in [0, 0.05) is 17.1 Å². The lowest BCUT2D eigenvalue weighted by atomic mass is 10.0. The summed E-state index contributed by atoms with van der Waals surface area (Å²) in [4.78, 5) is 2.11. The molecule has 0 aliphatic rings. The van der Waals surface area contributed by atoms with Gasteiger partial charge in [-0.2, -0.15) is 0 Å². The average molecular weight is 326 g/mol. The van der Waals surface area contributed by atoms with Gasteiger partial charge in [-0.05, 0) is 25.7 Å². The molecule has 0 spiro atoms. The molecule has 4 heteroatoms. The quantitative estimate of drug-likeness (QED) is 0.779. The Kier molecular flexibility index (Phi) is 7.76. The molecule has 2 aromatic carbocycles. The second-order valence-corrected chi connectivity index (χ2v) is 5.39. The third-order valence-corrected chi connectivity index (χ3v) is 3.46. The first-order chi connectivity index (χ1) is 9.68. The average Bonchev–Trinajstić information content (AvgIpc) is 2.45. The van der Waals surface area contributed by atoms with Crippen molar-refractivity contribution < 1.29 is 4.74 Å². The Morgan fingerprint density at radius 2 is 1.62 bits per heavy atom. The zero-order chi connectivity index (χ0) is 14.4. The molecule has 0 heterocycles. The SMILES string of the molecule is CN(C)CCOC(c1ccccc1)c1ccccc1Cl.Cl. The van der Waals surface area contributed by atoms with E-state index >= 15 is 0 Å². The van der Waals surface area contributed by atoms with Crippen molar-refractivity contribution in [3.05, 3.63) is 70.7 Å². The van der Waals surface area contributed by atoms with Crippen molar-refractivity contribution in [2.24, 2.45) is 0 Å². The highest BCUT2D eigenvalue weighted by Crippen LogP contribution is 2.31. The molecule has 0 saturated carbocycles. The lowest BCUT2D eigenvalue weighted by Gasteiger charge is -2.21. The van der Waals surface area contributed by atoms with Crippen molar-refractivity contribution in [2.75, 3.05) is 27.2 Å². The Bertz CT molecular complexity index is 531. The Balaban J connectivity index is 0.00000220. The first-order valence-corrected chi connectivity index (χ1v) is 7.12. The monoisotopic (exact) mass is 325 g/mol. The van der Waals surface area contributed by atoms with E-state index in [0.29, 0.717) is 6.61 Å². The minimum atomic E-state index is -0.121. The Morgan fingerprint density at radius 1 is 1.00 bits per heavy atom.